The first-order valence-electron chi connectivity index (χ1n) is 5.95. The fourth-order valence-corrected chi connectivity index (χ4v) is 1.69. The van der Waals surface area contributed by atoms with Crippen LogP contribution in [-0.4, -0.2) is 32.6 Å². The van der Waals surface area contributed by atoms with Crippen molar-refractivity contribution in [2.45, 2.75) is 26.3 Å². The summed E-state index contributed by atoms with van der Waals surface area (Å²) >= 11 is 0. The molecule has 2 heterocycles. The molecule has 2 aromatic rings. The monoisotopic (exact) mass is 234 g/mol. The van der Waals surface area contributed by atoms with E-state index in [1.165, 1.54) is 19.2 Å². The zero-order valence-corrected chi connectivity index (χ0v) is 10.1. The van der Waals surface area contributed by atoms with Crippen LogP contribution in [0.5, 0.6) is 0 Å². The van der Waals surface area contributed by atoms with E-state index in [0.29, 0.717) is 11.3 Å². The number of nitrogens with one attached hydrogen (secondary N) is 1. The minimum absolute atomic E-state index is 0.438. The van der Waals surface area contributed by atoms with Gasteiger partial charge in [0.05, 0.1) is 6.33 Å². The summed E-state index contributed by atoms with van der Waals surface area (Å²) in [7, 11) is 0. The third-order valence-electron chi connectivity index (χ3n) is 2.67. The maximum absolute atomic E-state index is 5.72. The van der Waals surface area contributed by atoms with Crippen molar-refractivity contribution in [3.8, 4) is 0 Å². The van der Waals surface area contributed by atoms with Gasteiger partial charge in [0, 0.05) is 13.1 Å². The van der Waals surface area contributed by atoms with Gasteiger partial charge >= 0.3 is 0 Å². The van der Waals surface area contributed by atoms with Crippen LogP contribution in [0.1, 0.15) is 19.8 Å². The predicted molar refractivity (Wildman–Crippen MR) is 67.5 cm³/mol. The smallest absolute Gasteiger partial charge is 0.165 e. The number of fused-ring (bicyclic) bond motifs is 1. The highest BCUT2D eigenvalue weighted by molar-refractivity contribution is 5.80. The van der Waals surface area contributed by atoms with Gasteiger partial charge in [-0.15, -0.1) is 0 Å². The standard InChI is InChI=1S/C11H18N6/c1-2-3-4-13-5-6-17-8-16-9-10(12)14-7-15-11(9)17/h7-8,13H,2-6H2,1H3,(H2,12,14,15). The first-order valence-corrected chi connectivity index (χ1v) is 5.95. The maximum atomic E-state index is 5.72. The fraction of sp³-hybridized carbons (Fsp3) is 0.545. The summed E-state index contributed by atoms with van der Waals surface area (Å²) in [5.41, 5.74) is 7.20. The molecule has 0 bridgehead atoms. The van der Waals surface area contributed by atoms with Crippen LogP contribution in [0.25, 0.3) is 11.2 Å². The zero-order chi connectivity index (χ0) is 12.1. The van der Waals surface area contributed by atoms with Crippen LogP contribution in [-0.2, 0) is 6.54 Å². The highest BCUT2D eigenvalue weighted by Gasteiger charge is 2.06. The van der Waals surface area contributed by atoms with Crippen molar-refractivity contribution >= 4 is 17.0 Å². The molecule has 0 unspecified atom stereocenters. The summed E-state index contributed by atoms with van der Waals surface area (Å²) in [5, 5.41) is 3.38. The van der Waals surface area contributed by atoms with Crippen molar-refractivity contribution in [1.82, 2.24) is 24.8 Å². The molecule has 0 aliphatic rings. The average molecular weight is 234 g/mol. The Hall–Kier alpha value is -1.69. The molecule has 0 radical (unpaired) electrons. The summed E-state index contributed by atoms with van der Waals surface area (Å²) in [6, 6.07) is 0. The molecule has 0 spiro atoms. The largest absolute Gasteiger partial charge is 0.382 e. The highest BCUT2D eigenvalue weighted by atomic mass is 15.1. The molecule has 0 aromatic carbocycles. The minimum atomic E-state index is 0.438. The second kappa shape index (κ2) is 5.58. The van der Waals surface area contributed by atoms with Gasteiger partial charge in [-0.1, -0.05) is 13.3 Å². The summed E-state index contributed by atoms with van der Waals surface area (Å²) in [6.07, 6.45) is 5.65. The molecule has 6 heteroatoms. The molecule has 0 aliphatic heterocycles. The number of aromatic nitrogens is 4. The maximum Gasteiger partial charge on any atom is 0.165 e. The highest BCUT2D eigenvalue weighted by Crippen LogP contribution is 2.13. The van der Waals surface area contributed by atoms with Crippen molar-refractivity contribution in [3.63, 3.8) is 0 Å². The van der Waals surface area contributed by atoms with Crippen LogP contribution in [0.3, 0.4) is 0 Å². The Balaban J connectivity index is 1.97. The number of hydrogen-bond donors (Lipinski definition) is 2. The lowest BCUT2D eigenvalue weighted by molar-refractivity contribution is 0.585. The van der Waals surface area contributed by atoms with E-state index < -0.39 is 0 Å². The van der Waals surface area contributed by atoms with Crippen molar-refractivity contribution in [2.75, 3.05) is 18.8 Å². The van der Waals surface area contributed by atoms with Crippen LogP contribution in [0.15, 0.2) is 12.7 Å². The normalized spacial score (nSPS) is 11.1. The second-order valence-electron chi connectivity index (χ2n) is 3.97. The van der Waals surface area contributed by atoms with E-state index >= 15 is 0 Å². The molecular formula is C11H18N6. The van der Waals surface area contributed by atoms with Crippen LogP contribution in [0.2, 0.25) is 0 Å². The van der Waals surface area contributed by atoms with Gasteiger partial charge in [0.2, 0.25) is 0 Å². The number of nitrogen functional groups attached to an aromatic ring is 1. The summed E-state index contributed by atoms with van der Waals surface area (Å²) in [5.74, 6) is 0.438. The average Bonchev–Trinajstić information content (AvgIpc) is 2.74. The first-order chi connectivity index (χ1) is 8.33. The Morgan fingerprint density at radius 2 is 2.18 bits per heavy atom. The number of hydrogen-bond acceptors (Lipinski definition) is 5. The van der Waals surface area contributed by atoms with Crippen molar-refractivity contribution in [1.29, 1.82) is 0 Å². The van der Waals surface area contributed by atoms with Gasteiger partial charge < -0.3 is 15.6 Å². The van der Waals surface area contributed by atoms with Crippen LogP contribution >= 0.6 is 0 Å². The molecule has 17 heavy (non-hydrogen) atoms. The quantitative estimate of drug-likeness (QED) is 0.722. The number of nitrogens with zero attached hydrogens (tertiary/aromatic N) is 4. The third kappa shape index (κ3) is 2.71. The Kier molecular flexibility index (Phi) is 3.87. The Labute approximate surface area is 100 Å². The molecule has 3 N–H and O–H groups in total. The number of anilines is 1. The summed E-state index contributed by atoms with van der Waals surface area (Å²) < 4.78 is 1.99. The van der Waals surface area contributed by atoms with Crippen LogP contribution in [0, 0.1) is 0 Å². The molecule has 0 amide bonds. The summed E-state index contributed by atoms with van der Waals surface area (Å²) in [6.45, 7) is 5.00. The molecule has 2 rings (SSSR count). The number of unbranched alkanes of at least 4 members (excludes halogenated alkanes) is 1. The number of imidazole rings is 1. The molecule has 2 aromatic heterocycles. The van der Waals surface area contributed by atoms with Gasteiger partial charge in [0.1, 0.15) is 11.8 Å². The van der Waals surface area contributed by atoms with E-state index in [1.54, 1.807) is 6.33 Å². The molecule has 0 aliphatic carbocycles. The van der Waals surface area contributed by atoms with Gasteiger partial charge in [0.25, 0.3) is 0 Å². The Bertz CT molecular complexity index is 478. The van der Waals surface area contributed by atoms with Crippen molar-refractivity contribution < 1.29 is 0 Å². The van der Waals surface area contributed by atoms with Gasteiger partial charge in [0.15, 0.2) is 11.5 Å². The topological polar surface area (TPSA) is 81.7 Å². The van der Waals surface area contributed by atoms with Crippen LogP contribution in [0.4, 0.5) is 5.82 Å². The van der Waals surface area contributed by atoms with E-state index in [4.69, 9.17) is 5.73 Å². The lowest BCUT2D eigenvalue weighted by Gasteiger charge is -2.05. The van der Waals surface area contributed by atoms with Crippen molar-refractivity contribution in [2.24, 2.45) is 0 Å². The van der Waals surface area contributed by atoms with Gasteiger partial charge in [-0.2, -0.15) is 0 Å². The number of rotatable bonds is 6. The molecule has 0 atom stereocenters. The van der Waals surface area contributed by atoms with E-state index in [1.807, 2.05) is 4.57 Å². The van der Waals surface area contributed by atoms with Gasteiger partial charge in [-0.25, -0.2) is 15.0 Å². The molecular weight excluding hydrogens is 216 g/mol. The SMILES string of the molecule is CCCCNCCn1cnc2c(N)ncnc21. The zero-order valence-electron chi connectivity index (χ0n) is 10.1. The minimum Gasteiger partial charge on any atom is -0.382 e. The Morgan fingerprint density at radius 1 is 1.29 bits per heavy atom. The number of nitrogens with two attached hydrogens (primary N) is 1. The molecule has 92 valence electrons. The fourth-order valence-electron chi connectivity index (χ4n) is 1.69. The Morgan fingerprint density at radius 3 is 3.00 bits per heavy atom. The first kappa shape index (κ1) is 11.8. The lowest BCUT2D eigenvalue weighted by atomic mass is 10.3. The van der Waals surface area contributed by atoms with E-state index in [-0.39, 0.29) is 0 Å². The van der Waals surface area contributed by atoms with Crippen molar-refractivity contribution in [3.05, 3.63) is 12.7 Å². The van der Waals surface area contributed by atoms with Gasteiger partial charge in [-0.05, 0) is 13.0 Å². The van der Waals surface area contributed by atoms with E-state index in [2.05, 4.69) is 27.2 Å². The lowest BCUT2D eigenvalue weighted by Crippen LogP contribution is -2.20. The third-order valence-corrected chi connectivity index (χ3v) is 2.67. The predicted octanol–water partition coefficient (Wildman–Crippen LogP) is 0.798. The van der Waals surface area contributed by atoms with E-state index in [0.717, 1.165) is 25.3 Å². The molecule has 0 saturated carbocycles. The van der Waals surface area contributed by atoms with Gasteiger partial charge in [-0.3, -0.25) is 0 Å². The molecule has 6 nitrogen and oxygen atoms in total. The second-order valence-corrected chi connectivity index (χ2v) is 3.97. The molecule has 0 saturated heterocycles. The van der Waals surface area contributed by atoms with E-state index in [9.17, 15) is 0 Å². The molecule has 0 fully saturated rings. The van der Waals surface area contributed by atoms with Crippen LogP contribution < -0.4 is 11.1 Å². The summed E-state index contributed by atoms with van der Waals surface area (Å²) in [4.78, 5) is 12.3.